The first-order valence-corrected chi connectivity index (χ1v) is 13.0. The average molecular weight is 466 g/mol. The van der Waals surface area contributed by atoms with Gasteiger partial charge in [-0.25, -0.2) is 0 Å². The number of aliphatic hydroxyl groups excluding tert-OH is 1. The number of aliphatic hydroxyl groups is 1. The van der Waals surface area contributed by atoms with Crippen molar-refractivity contribution < 1.29 is 9.84 Å². The van der Waals surface area contributed by atoms with E-state index in [1.165, 1.54) is 22.3 Å². The zero-order chi connectivity index (χ0) is 25.4. The molecule has 1 unspecified atom stereocenters. The molecular formula is C31H47NO2. The molecular weight excluding hydrogens is 418 g/mol. The molecule has 0 fully saturated rings. The number of ether oxygens (including phenoxy) is 1. The molecule has 0 saturated heterocycles. The SMILES string of the molecule is CCC(CC)(c1ccc(C=CC(O)C(C)(C)C)c(C)c1)c1ccc(OCCCCCN)c(C)c1. The summed E-state index contributed by atoms with van der Waals surface area (Å²) < 4.78 is 6.06. The van der Waals surface area contributed by atoms with Crippen molar-refractivity contribution in [2.24, 2.45) is 11.1 Å². The Labute approximate surface area is 208 Å². The highest BCUT2D eigenvalue weighted by Crippen LogP contribution is 2.41. The highest BCUT2D eigenvalue weighted by molar-refractivity contribution is 5.57. The molecule has 0 aliphatic carbocycles. The van der Waals surface area contributed by atoms with Crippen LogP contribution in [0.1, 0.15) is 94.5 Å². The molecule has 0 aliphatic heterocycles. The van der Waals surface area contributed by atoms with Gasteiger partial charge in [-0.3, -0.25) is 0 Å². The Kier molecular flexibility index (Phi) is 10.4. The molecule has 0 radical (unpaired) electrons. The van der Waals surface area contributed by atoms with Gasteiger partial charge < -0.3 is 15.6 Å². The molecule has 0 amide bonds. The maximum atomic E-state index is 10.4. The number of unbranched alkanes of at least 4 members (excludes halogenated alkanes) is 2. The molecule has 3 nitrogen and oxygen atoms in total. The van der Waals surface area contributed by atoms with Crippen molar-refractivity contribution in [3.8, 4) is 5.75 Å². The smallest absolute Gasteiger partial charge is 0.122 e. The van der Waals surface area contributed by atoms with Crippen LogP contribution in [0.5, 0.6) is 5.75 Å². The van der Waals surface area contributed by atoms with Crippen molar-refractivity contribution in [3.05, 3.63) is 70.3 Å². The fourth-order valence-electron chi connectivity index (χ4n) is 4.59. The van der Waals surface area contributed by atoms with Gasteiger partial charge in [0.2, 0.25) is 0 Å². The van der Waals surface area contributed by atoms with Crippen molar-refractivity contribution in [1.29, 1.82) is 0 Å². The van der Waals surface area contributed by atoms with Crippen LogP contribution in [0, 0.1) is 19.3 Å². The second kappa shape index (κ2) is 12.6. The lowest BCUT2D eigenvalue weighted by atomic mass is 9.70. The molecule has 188 valence electrons. The molecule has 0 bridgehead atoms. The third-order valence-corrected chi connectivity index (χ3v) is 7.21. The van der Waals surface area contributed by atoms with Crippen LogP contribution in [-0.4, -0.2) is 24.4 Å². The molecule has 34 heavy (non-hydrogen) atoms. The van der Waals surface area contributed by atoms with Crippen LogP contribution < -0.4 is 10.5 Å². The van der Waals surface area contributed by atoms with Crippen molar-refractivity contribution in [2.75, 3.05) is 13.2 Å². The zero-order valence-corrected chi connectivity index (χ0v) is 22.6. The van der Waals surface area contributed by atoms with Crippen LogP contribution in [0.25, 0.3) is 6.08 Å². The normalized spacial score (nSPS) is 13.4. The lowest BCUT2D eigenvalue weighted by Gasteiger charge is -2.34. The molecule has 0 aromatic heterocycles. The van der Waals surface area contributed by atoms with Gasteiger partial charge in [0.05, 0.1) is 12.7 Å². The van der Waals surface area contributed by atoms with E-state index in [0.717, 1.165) is 56.6 Å². The third kappa shape index (κ3) is 6.96. The van der Waals surface area contributed by atoms with E-state index in [2.05, 4.69) is 90.9 Å². The maximum absolute atomic E-state index is 10.4. The van der Waals surface area contributed by atoms with Crippen LogP contribution >= 0.6 is 0 Å². The lowest BCUT2D eigenvalue weighted by molar-refractivity contribution is 0.106. The fourth-order valence-corrected chi connectivity index (χ4v) is 4.59. The Morgan fingerprint density at radius 2 is 1.53 bits per heavy atom. The first-order chi connectivity index (χ1) is 16.1. The summed E-state index contributed by atoms with van der Waals surface area (Å²) in [5, 5.41) is 10.4. The van der Waals surface area contributed by atoms with Gasteiger partial charge in [0.1, 0.15) is 5.75 Å². The number of hydrogen-bond donors (Lipinski definition) is 2. The van der Waals surface area contributed by atoms with E-state index in [-0.39, 0.29) is 10.8 Å². The summed E-state index contributed by atoms with van der Waals surface area (Å²) in [7, 11) is 0. The largest absolute Gasteiger partial charge is 0.493 e. The Hall–Kier alpha value is -2.10. The van der Waals surface area contributed by atoms with Crippen molar-refractivity contribution >= 4 is 6.08 Å². The Bertz CT molecular complexity index is 935. The van der Waals surface area contributed by atoms with Crippen molar-refractivity contribution in [3.63, 3.8) is 0 Å². The molecule has 3 heteroatoms. The van der Waals surface area contributed by atoms with Crippen LogP contribution in [0.4, 0.5) is 0 Å². The maximum Gasteiger partial charge on any atom is 0.122 e. The quantitative estimate of drug-likeness (QED) is 0.322. The molecule has 0 saturated carbocycles. The summed E-state index contributed by atoms with van der Waals surface area (Å²) in [6.45, 7) is 16.5. The van der Waals surface area contributed by atoms with E-state index in [1.807, 2.05) is 6.08 Å². The van der Waals surface area contributed by atoms with Crippen LogP contribution in [-0.2, 0) is 5.41 Å². The van der Waals surface area contributed by atoms with Gasteiger partial charge in [0.15, 0.2) is 0 Å². The number of aryl methyl sites for hydroxylation is 2. The van der Waals surface area contributed by atoms with E-state index >= 15 is 0 Å². The fraction of sp³-hybridized carbons (Fsp3) is 0.548. The van der Waals surface area contributed by atoms with Gasteiger partial charge in [-0.15, -0.1) is 0 Å². The Balaban J connectivity index is 2.29. The second-order valence-corrected chi connectivity index (χ2v) is 10.7. The lowest BCUT2D eigenvalue weighted by Crippen LogP contribution is -2.26. The van der Waals surface area contributed by atoms with E-state index in [9.17, 15) is 5.11 Å². The van der Waals surface area contributed by atoms with Crippen LogP contribution in [0.2, 0.25) is 0 Å². The van der Waals surface area contributed by atoms with Gasteiger partial charge >= 0.3 is 0 Å². The molecule has 2 aromatic carbocycles. The van der Waals surface area contributed by atoms with Gasteiger partial charge in [0, 0.05) is 5.41 Å². The van der Waals surface area contributed by atoms with E-state index in [0.29, 0.717) is 0 Å². The Morgan fingerprint density at radius 3 is 2.06 bits per heavy atom. The molecule has 2 aromatic rings. The third-order valence-electron chi connectivity index (χ3n) is 7.21. The van der Waals surface area contributed by atoms with Crippen LogP contribution in [0.15, 0.2) is 42.5 Å². The van der Waals surface area contributed by atoms with Crippen LogP contribution in [0.3, 0.4) is 0 Å². The highest BCUT2D eigenvalue weighted by Gasteiger charge is 2.31. The zero-order valence-electron chi connectivity index (χ0n) is 22.6. The van der Waals surface area contributed by atoms with E-state index in [4.69, 9.17) is 10.5 Å². The van der Waals surface area contributed by atoms with E-state index < -0.39 is 6.10 Å². The number of hydrogen-bond acceptors (Lipinski definition) is 3. The molecule has 2 rings (SSSR count). The summed E-state index contributed by atoms with van der Waals surface area (Å²) in [4.78, 5) is 0. The van der Waals surface area contributed by atoms with Gasteiger partial charge in [-0.05, 0) is 91.8 Å². The predicted octanol–water partition coefficient (Wildman–Crippen LogP) is 7.34. The van der Waals surface area contributed by atoms with Crippen molar-refractivity contribution in [1.82, 2.24) is 0 Å². The monoisotopic (exact) mass is 465 g/mol. The minimum absolute atomic E-state index is 0.0393. The first-order valence-electron chi connectivity index (χ1n) is 13.0. The number of nitrogens with two attached hydrogens (primary N) is 1. The summed E-state index contributed by atoms with van der Waals surface area (Å²) >= 11 is 0. The summed E-state index contributed by atoms with van der Waals surface area (Å²) in [6.07, 6.45) is 8.76. The first kappa shape index (κ1) is 28.1. The van der Waals surface area contributed by atoms with E-state index in [1.54, 1.807) is 0 Å². The molecule has 0 aliphatic rings. The summed E-state index contributed by atoms with van der Waals surface area (Å²) in [5.41, 5.74) is 11.6. The summed E-state index contributed by atoms with van der Waals surface area (Å²) in [6, 6.07) is 13.5. The Morgan fingerprint density at radius 1 is 0.912 bits per heavy atom. The minimum Gasteiger partial charge on any atom is -0.493 e. The number of benzene rings is 2. The van der Waals surface area contributed by atoms with Crippen molar-refractivity contribution in [2.45, 2.75) is 92.1 Å². The summed E-state index contributed by atoms with van der Waals surface area (Å²) in [5.74, 6) is 0.978. The highest BCUT2D eigenvalue weighted by atomic mass is 16.5. The predicted molar refractivity (Wildman–Crippen MR) is 147 cm³/mol. The molecule has 3 N–H and O–H groups in total. The number of rotatable bonds is 12. The van der Waals surface area contributed by atoms with Gasteiger partial charge in [-0.1, -0.05) is 77.1 Å². The average Bonchev–Trinajstić information content (AvgIpc) is 2.80. The molecule has 0 heterocycles. The minimum atomic E-state index is -0.471. The topological polar surface area (TPSA) is 55.5 Å². The molecule has 1 atom stereocenters. The molecule has 0 spiro atoms. The van der Waals surface area contributed by atoms with Gasteiger partial charge in [-0.2, -0.15) is 0 Å². The second-order valence-electron chi connectivity index (χ2n) is 10.7. The van der Waals surface area contributed by atoms with Gasteiger partial charge in [0.25, 0.3) is 0 Å². The standard InChI is InChI=1S/C31H47NO2/c1-8-31(9-2,27-16-17-28(24(4)22-27)34-20-12-10-11-19-32)26-15-13-25(23(3)21-26)14-18-29(33)30(5,6)7/h13-18,21-22,29,33H,8-12,19-20,32H2,1-7H3.